The largest absolute Gasteiger partial charge is 0.398 e. The van der Waals surface area contributed by atoms with Crippen LogP contribution in [0.25, 0.3) is 0 Å². The lowest BCUT2D eigenvalue weighted by Gasteiger charge is -2.08. The van der Waals surface area contributed by atoms with E-state index in [9.17, 15) is 24.5 Å². The maximum absolute atomic E-state index is 11.2. The minimum atomic E-state index is -1.14. The van der Waals surface area contributed by atoms with Crippen LogP contribution in [0.15, 0.2) is 18.2 Å². The summed E-state index contributed by atoms with van der Waals surface area (Å²) in [5, 5.41) is 10.6. The fraction of sp³-hybridized carbons (Fsp3) is 0.182. The van der Waals surface area contributed by atoms with Crippen molar-refractivity contribution in [3.63, 3.8) is 0 Å². The van der Waals surface area contributed by atoms with Gasteiger partial charge in [-0.2, -0.15) is 0 Å². The van der Waals surface area contributed by atoms with Crippen molar-refractivity contribution >= 4 is 29.0 Å². The van der Waals surface area contributed by atoms with Gasteiger partial charge in [-0.3, -0.25) is 19.7 Å². The highest BCUT2D eigenvalue weighted by molar-refractivity contribution is 6.33. The molecule has 0 atom stereocenters. The molecule has 20 heavy (non-hydrogen) atoms. The molecule has 0 saturated carbocycles. The molecule has 106 valence electrons. The number of rotatable bonds is 6. The Balaban J connectivity index is 2.95. The first-order chi connectivity index (χ1) is 9.36. The first kappa shape index (κ1) is 15.1. The molecule has 0 saturated heterocycles. The number of carbonyl (C=O) groups is 3. The van der Waals surface area contributed by atoms with E-state index in [2.05, 4.69) is 10.3 Å². The van der Waals surface area contributed by atoms with Gasteiger partial charge in [-0.1, -0.05) is 6.92 Å². The molecule has 0 heterocycles. The minimum Gasteiger partial charge on any atom is -0.366 e. The Morgan fingerprint density at radius 2 is 2.05 bits per heavy atom. The summed E-state index contributed by atoms with van der Waals surface area (Å²) in [4.78, 5) is 47.7. The normalized spacial score (nSPS) is 9.65. The maximum Gasteiger partial charge on any atom is 0.398 e. The van der Waals surface area contributed by atoms with E-state index >= 15 is 0 Å². The van der Waals surface area contributed by atoms with Crippen molar-refractivity contribution in [1.29, 1.82) is 0 Å². The third kappa shape index (κ3) is 3.51. The number of nitrogens with one attached hydrogen (secondary N) is 1. The Hall–Kier alpha value is -2.97. The van der Waals surface area contributed by atoms with Crippen LogP contribution in [0.1, 0.15) is 23.7 Å². The van der Waals surface area contributed by atoms with Crippen molar-refractivity contribution in [3.05, 3.63) is 33.9 Å². The number of carbonyl (C=O) groups excluding carboxylic acids is 3. The SMILES string of the molecule is CCC(=O)C(=O)ONc1ccc([N+](=O)[O-])cc1C(N)=O. The average molecular weight is 281 g/mol. The van der Waals surface area contributed by atoms with E-state index in [1.807, 2.05) is 0 Å². The van der Waals surface area contributed by atoms with Crippen LogP contribution in [0.3, 0.4) is 0 Å². The van der Waals surface area contributed by atoms with Gasteiger partial charge in [0.2, 0.25) is 5.78 Å². The Morgan fingerprint density at radius 3 is 2.55 bits per heavy atom. The Bertz CT molecular complexity index is 584. The topological polar surface area (TPSA) is 142 Å². The fourth-order valence-electron chi connectivity index (χ4n) is 1.24. The molecular weight excluding hydrogens is 270 g/mol. The van der Waals surface area contributed by atoms with Gasteiger partial charge in [0.05, 0.1) is 16.2 Å². The molecule has 0 aliphatic heterocycles. The van der Waals surface area contributed by atoms with Gasteiger partial charge in [0.1, 0.15) is 0 Å². The highest BCUT2D eigenvalue weighted by Crippen LogP contribution is 2.21. The summed E-state index contributed by atoms with van der Waals surface area (Å²) in [6.45, 7) is 1.48. The second-order valence-corrected chi connectivity index (χ2v) is 3.62. The summed E-state index contributed by atoms with van der Waals surface area (Å²) >= 11 is 0. The van der Waals surface area contributed by atoms with E-state index in [-0.39, 0.29) is 23.4 Å². The number of non-ortho nitro benzene ring substituents is 1. The second-order valence-electron chi connectivity index (χ2n) is 3.62. The molecule has 1 amide bonds. The predicted molar refractivity (Wildman–Crippen MR) is 66.6 cm³/mol. The van der Waals surface area contributed by atoms with Crippen LogP contribution >= 0.6 is 0 Å². The van der Waals surface area contributed by atoms with Gasteiger partial charge in [-0.05, 0) is 6.07 Å². The van der Waals surface area contributed by atoms with Gasteiger partial charge in [-0.25, -0.2) is 10.3 Å². The van der Waals surface area contributed by atoms with E-state index in [1.165, 1.54) is 6.92 Å². The van der Waals surface area contributed by atoms with E-state index in [0.29, 0.717) is 0 Å². The summed E-state index contributed by atoms with van der Waals surface area (Å²) < 4.78 is 0. The quantitative estimate of drug-likeness (QED) is 0.440. The fourth-order valence-corrected chi connectivity index (χ4v) is 1.24. The number of nitrogens with two attached hydrogens (primary N) is 1. The lowest BCUT2D eigenvalue weighted by molar-refractivity contribution is -0.384. The third-order valence-corrected chi connectivity index (χ3v) is 2.28. The standard InChI is InChI=1S/C11H11N3O6/c1-2-9(15)11(17)20-13-8-4-3-6(14(18)19)5-7(8)10(12)16/h3-5,13H,2H2,1H3,(H2,12,16). The number of Topliss-reactive ketones (excluding diaryl/α,β-unsaturated/α-hetero) is 1. The van der Waals surface area contributed by atoms with Crippen LogP contribution in [0.5, 0.6) is 0 Å². The van der Waals surface area contributed by atoms with E-state index in [1.54, 1.807) is 0 Å². The molecule has 0 radical (unpaired) electrons. The summed E-state index contributed by atoms with van der Waals surface area (Å²) in [5.74, 6) is -2.85. The first-order valence-electron chi connectivity index (χ1n) is 5.45. The number of nitrogens with zero attached hydrogens (tertiary/aromatic N) is 1. The number of nitro groups is 1. The van der Waals surface area contributed by atoms with Gasteiger partial charge < -0.3 is 10.6 Å². The Kier molecular flexibility index (Phi) is 4.73. The Morgan fingerprint density at radius 1 is 1.40 bits per heavy atom. The third-order valence-electron chi connectivity index (χ3n) is 2.28. The van der Waals surface area contributed by atoms with Crippen LogP contribution in [0.4, 0.5) is 11.4 Å². The van der Waals surface area contributed by atoms with Gasteiger partial charge in [-0.15, -0.1) is 0 Å². The van der Waals surface area contributed by atoms with Crippen molar-refractivity contribution in [2.45, 2.75) is 13.3 Å². The van der Waals surface area contributed by atoms with Gasteiger partial charge in [0, 0.05) is 18.6 Å². The first-order valence-corrected chi connectivity index (χ1v) is 5.45. The molecule has 3 N–H and O–H groups in total. The number of ketones is 1. The van der Waals surface area contributed by atoms with Crippen LogP contribution in [0, 0.1) is 10.1 Å². The molecule has 0 aliphatic rings. The molecule has 1 aromatic carbocycles. The monoisotopic (exact) mass is 281 g/mol. The second kappa shape index (κ2) is 6.27. The van der Waals surface area contributed by atoms with Crippen LogP contribution in [0.2, 0.25) is 0 Å². The molecule has 1 aromatic rings. The number of benzene rings is 1. The zero-order valence-electron chi connectivity index (χ0n) is 10.4. The van der Waals surface area contributed by atoms with Gasteiger partial charge >= 0.3 is 5.97 Å². The number of hydrogen-bond acceptors (Lipinski definition) is 7. The van der Waals surface area contributed by atoms with Gasteiger partial charge in [0.15, 0.2) is 0 Å². The average Bonchev–Trinajstić information content (AvgIpc) is 2.43. The van der Waals surface area contributed by atoms with Crippen LogP contribution in [-0.2, 0) is 14.4 Å². The summed E-state index contributed by atoms with van der Waals surface area (Å²) in [6, 6.07) is 3.16. The summed E-state index contributed by atoms with van der Waals surface area (Å²) in [6.07, 6.45) is -0.0382. The lowest BCUT2D eigenvalue weighted by atomic mass is 10.1. The molecule has 0 aliphatic carbocycles. The van der Waals surface area contributed by atoms with E-state index in [0.717, 1.165) is 18.2 Å². The van der Waals surface area contributed by atoms with E-state index < -0.39 is 22.6 Å². The molecule has 0 aromatic heterocycles. The zero-order chi connectivity index (χ0) is 15.3. The molecule has 0 spiro atoms. The molecule has 9 nitrogen and oxygen atoms in total. The molecule has 1 rings (SSSR count). The van der Waals surface area contributed by atoms with Gasteiger partial charge in [0.25, 0.3) is 11.6 Å². The van der Waals surface area contributed by atoms with Crippen molar-refractivity contribution in [2.24, 2.45) is 5.73 Å². The zero-order valence-corrected chi connectivity index (χ0v) is 10.4. The summed E-state index contributed by atoms with van der Waals surface area (Å²) in [5.41, 5.74) is 6.51. The lowest BCUT2D eigenvalue weighted by Crippen LogP contribution is -2.21. The highest BCUT2D eigenvalue weighted by Gasteiger charge is 2.17. The molecule has 0 bridgehead atoms. The highest BCUT2D eigenvalue weighted by atomic mass is 16.7. The van der Waals surface area contributed by atoms with Crippen molar-refractivity contribution < 1.29 is 24.1 Å². The van der Waals surface area contributed by atoms with Crippen LogP contribution < -0.4 is 11.2 Å². The minimum absolute atomic E-state index is 0.0382. The molecule has 9 heteroatoms. The number of nitro benzene ring substituents is 1. The molecule has 0 unspecified atom stereocenters. The van der Waals surface area contributed by atoms with Crippen molar-refractivity contribution in [3.8, 4) is 0 Å². The van der Waals surface area contributed by atoms with E-state index in [4.69, 9.17) is 5.73 Å². The van der Waals surface area contributed by atoms with Crippen molar-refractivity contribution in [1.82, 2.24) is 0 Å². The number of hydrogen-bond donors (Lipinski definition) is 2. The Labute approximate surface area is 112 Å². The number of anilines is 1. The van der Waals surface area contributed by atoms with Crippen molar-refractivity contribution in [2.75, 3.05) is 5.48 Å². The number of amides is 1. The maximum atomic E-state index is 11.2. The molecule has 0 fully saturated rings. The smallest absolute Gasteiger partial charge is 0.366 e. The summed E-state index contributed by atoms with van der Waals surface area (Å²) in [7, 11) is 0. The molecular formula is C11H11N3O6. The predicted octanol–water partition coefficient (Wildman–Crippen LogP) is 0.543. The number of primary amides is 1. The van der Waals surface area contributed by atoms with Crippen LogP contribution in [-0.4, -0.2) is 22.6 Å².